The number of aromatic nitrogens is 1. The van der Waals surface area contributed by atoms with Crippen molar-refractivity contribution in [3.8, 4) is 0 Å². The number of rotatable bonds is 8. The van der Waals surface area contributed by atoms with Crippen LogP contribution in [0.2, 0.25) is 0 Å². The van der Waals surface area contributed by atoms with Crippen molar-refractivity contribution in [3.63, 3.8) is 0 Å². The minimum absolute atomic E-state index is 0.0543. The fourth-order valence-corrected chi connectivity index (χ4v) is 3.97. The molecule has 1 aliphatic rings. The first-order valence-corrected chi connectivity index (χ1v) is 10.1. The number of primary amides is 1. The Hall–Kier alpha value is -3.34. The van der Waals surface area contributed by atoms with Gasteiger partial charge in [0.25, 0.3) is 11.8 Å². The molecule has 0 bridgehead atoms. The van der Waals surface area contributed by atoms with Crippen molar-refractivity contribution in [3.05, 3.63) is 41.2 Å². The monoisotopic (exact) mass is 449 g/mol. The quantitative estimate of drug-likeness (QED) is 0.343. The van der Waals surface area contributed by atoms with E-state index in [1.165, 1.54) is 7.05 Å². The number of carbonyl (C=O) groups is 1. The molecule has 1 amide bonds. The predicted octanol–water partition coefficient (Wildman–Crippen LogP) is 3.29. The van der Waals surface area contributed by atoms with Crippen molar-refractivity contribution in [1.82, 2.24) is 10.3 Å². The number of pyridine rings is 1. The topological polar surface area (TPSA) is 128 Å². The molecule has 8 nitrogen and oxygen atoms in total. The lowest BCUT2D eigenvalue weighted by molar-refractivity contribution is -0.0654. The number of benzene rings is 1. The van der Waals surface area contributed by atoms with Gasteiger partial charge in [-0.2, -0.15) is 0 Å². The standard InChI is InChI=1S/C21H26F3N7O/c1-27-14-5-3-6-15(12(14)10-25)29-19-11(18(26)32)9-13(22)20(31-19)30-16-7-4-8-21(23,24)17(16)28-2/h3,5-6,9-10,16-17,25,27-28H,4,7-8H2,1-2H3,(H2,26,32)(H2,29,30,31). The van der Waals surface area contributed by atoms with E-state index >= 15 is 0 Å². The predicted molar refractivity (Wildman–Crippen MR) is 119 cm³/mol. The molecule has 0 spiro atoms. The molecule has 2 atom stereocenters. The van der Waals surface area contributed by atoms with Crippen LogP contribution in [0.3, 0.4) is 0 Å². The molecule has 1 heterocycles. The highest BCUT2D eigenvalue weighted by Gasteiger charge is 2.46. The van der Waals surface area contributed by atoms with Crippen LogP contribution in [0.25, 0.3) is 0 Å². The molecule has 1 fully saturated rings. The van der Waals surface area contributed by atoms with E-state index in [0.717, 1.165) is 12.3 Å². The van der Waals surface area contributed by atoms with Crippen LogP contribution in [0.4, 0.5) is 36.2 Å². The molecule has 0 radical (unpaired) electrons. The number of amides is 1. The Balaban J connectivity index is 2.00. The second kappa shape index (κ2) is 9.43. The minimum atomic E-state index is -2.96. The maximum atomic E-state index is 14.8. The number of carbonyl (C=O) groups excluding carboxylic acids is 1. The van der Waals surface area contributed by atoms with E-state index in [9.17, 15) is 18.0 Å². The molecule has 3 rings (SSSR count). The van der Waals surface area contributed by atoms with E-state index < -0.39 is 29.7 Å². The van der Waals surface area contributed by atoms with Gasteiger partial charge < -0.3 is 32.4 Å². The molecular formula is C21H26F3N7O. The molecule has 1 aromatic heterocycles. The van der Waals surface area contributed by atoms with Gasteiger partial charge in [-0.1, -0.05) is 6.07 Å². The Morgan fingerprint density at radius 3 is 2.62 bits per heavy atom. The number of likely N-dealkylation sites (N-methyl/N-ethyl adjacent to an activating group) is 1. The largest absolute Gasteiger partial charge is 0.388 e. The Morgan fingerprint density at radius 2 is 2.00 bits per heavy atom. The van der Waals surface area contributed by atoms with Gasteiger partial charge in [-0.05, 0) is 38.1 Å². The van der Waals surface area contributed by atoms with Gasteiger partial charge in [0.15, 0.2) is 11.6 Å². The molecule has 0 saturated heterocycles. The van der Waals surface area contributed by atoms with E-state index in [2.05, 4.69) is 26.3 Å². The molecule has 0 aliphatic heterocycles. The summed E-state index contributed by atoms with van der Waals surface area (Å²) in [5, 5.41) is 18.9. The molecule has 32 heavy (non-hydrogen) atoms. The lowest BCUT2D eigenvalue weighted by Crippen LogP contribution is -2.56. The number of hydrogen-bond donors (Lipinski definition) is 6. The van der Waals surface area contributed by atoms with Gasteiger partial charge >= 0.3 is 0 Å². The lowest BCUT2D eigenvalue weighted by atomic mass is 9.87. The van der Waals surface area contributed by atoms with Crippen molar-refractivity contribution in [1.29, 1.82) is 5.41 Å². The van der Waals surface area contributed by atoms with E-state index in [0.29, 0.717) is 23.4 Å². The SMILES string of the molecule is CNc1cccc(Nc2nc(NC3CCCC(F)(F)C3NC)c(F)cc2C(N)=O)c1C=N. The van der Waals surface area contributed by atoms with Crippen molar-refractivity contribution in [2.75, 3.05) is 30.0 Å². The van der Waals surface area contributed by atoms with Crippen molar-refractivity contribution < 1.29 is 18.0 Å². The van der Waals surface area contributed by atoms with E-state index in [1.54, 1.807) is 25.2 Å². The van der Waals surface area contributed by atoms with Crippen LogP contribution in [0.15, 0.2) is 24.3 Å². The van der Waals surface area contributed by atoms with Crippen molar-refractivity contribution in [2.45, 2.75) is 37.3 Å². The Morgan fingerprint density at radius 1 is 1.28 bits per heavy atom. The molecule has 2 aromatic rings. The molecular weight excluding hydrogens is 423 g/mol. The van der Waals surface area contributed by atoms with Gasteiger partial charge in [0.05, 0.1) is 17.3 Å². The van der Waals surface area contributed by atoms with Gasteiger partial charge in [-0.25, -0.2) is 18.2 Å². The van der Waals surface area contributed by atoms with E-state index in [-0.39, 0.29) is 30.0 Å². The molecule has 2 unspecified atom stereocenters. The minimum Gasteiger partial charge on any atom is -0.388 e. The second-order valence-corrected chi connectivity index (χ2v) is 7.54. The Labute approximate surface area is 183 Å². The zero-order chi connectivity index (χ0) is 23.5. The maximum Gasteiger partial charge on any atom is 0.265 e. The summed E-state index contributed by atoms with van der Waals surface area (Å²) >= 11 is 0. The average molecular weight is 449 g/mol. The van der Waals surface area contributed by atoms with E-state index in [1.807, 2.05) is 0 Å². The third kappa shape index (κ3) is 4.62. The molecule has 172 valence electrons. The highest BCUT2D eigenvalue weighted by Crippen LogP contribution is 2.35. The zero-order valence-corrected chi connectivity index (χ0v) is 17.7. The van der Waals surface area contributed by atoms with Gasteiger partial charge in [0.1, 0.15) is 5.82 Å². The number of halogens is 3. The van der Waals surface area contributed by atoms with Crippen LogP contribution in [0.1, 0.15) is 35.2 Å². The van der Waals surface area contributed by atoms with Crippen LogP contribution in [-0.2, 0) is 0 Å². The summed E-state index contributed by atoms with van der Waals surface area (Å²) in [6, 6.07) is 4.07. The lowest BCUT2D eigenvalue weighted by Gasteiger charge is -2.38. The summed E-state index contributed by atoms with van der Waals surface area (Å²) in [7, 11) is 3.12. The third-order valence-electron chi connectivity index (χ3n) is 5.53. The van der Waals surface area contributed by atoms with Crippen LogP contribution >= 0.6 is 0 Å². The van der Waals surface area contributed by atoms with Crippen LogP contribution in [-0.4, -0.2) is 49.2 Å². The molecule has 1 saturated carbocycles. The maximum absolute atomic E-state index is 14.8. The Kier molecular flexibility index (Phi) is 6.87. The van der Waals surface area contributed by atoms with Gasteiger partial charge in [-0.15, -0.1) is 0 Å². The number of nitrogens with two attached hydrogens (primary N) is 1. The van der Waals surface area contributed by atoms with E-state index in [4.69, 9.17) is 11.1 Å². The summed E-state index contributed by atoms with van der Waals surface area (Å²) in [6.07, 6.45) is 1.52. The number of hydrogen-bond acceptors (Lipinski definition) is 7. The third-order valence-corrected chi connectivity index (χ3v) is 5.53. The molecule has 1 aliphatic carbocycles. The summed E-state index contributed by atoms with van der Waals surface area (Å²) in [4.78, 5) is 16.1. The van der Waals surface area contributed by atoms with Gasteiger partial charge in [0, 0.05) is 37.0 Å². The fraction of sp³-hybridized carbons (Fsp3) is 0.381. The van der Waals surface area contributed by atoms with Gasteiger partial charge in [-0.3, -0.25) is 4.79 Å². The first kappa shape index (κ1) is 23.3. The van der Waals surface area contributed by atoms with Crippen LogP contribution in [0.5, 0.6) is 0 Å². The summed E-state index contributed by atoms with van der Waals surface area (Å²) in [5.41, 5.74) is 6.75. The molecule has 11 heteroatoms. The highest BCUT2D eigenvalue weighted by atomic mass is 19.3. The summed E-state index contributed by atoms with van der Waals surface area (Å²) in [6.45, 7) is 0. The van der Waals surface area contributed by atoms with Gasteiger partial charge in [0.2, 0.25) is 0 Å². The number of nitrogens with zero attached hydrogens (tertiary/aromatic N) is 1. The Bertz CT molecular complexity index is 1020. The molecule has 7 N–H and O–H groups in total. The first-order chi connectivity index (χ1) is 15.2. The second-order valence-electron chi connectivity index (χ2n) is 7.54. The van der Waals surface area contributed by atoms with Crippen LogP contribution in [0, 0.1) is 11.2 Å². The number of nitrogens with one attached hydrogen (secondary N) is 5. The first-order valence-electron chi connectivity index (χ1n) is 10.1. The molecule has 1 aromatic carbocycles. The average Bonchev–Trinajstić information content (AvgIpc) is 2.74. The number of alkyl halides is 2. The number of anilines is 4. The smallest absolute Gasteiger partial charge is 0.265 e. The summed E-state index contributed by atoms with van der Waals surface area (Å²) < 4.78 is 43.4. The van der Waals surface area contributed by atoms with Crippen molar-refractivity contribution >= 4 is 35.1 Å². The zero-order valence-electron chi connectivity index (χ0n) is 17.7. The normalized spacial score (nSPS) is 19.8. The van der Waals surface area contributed by atoms with Crippen LogP contribution < -0.4 is 27.0 Å². The highest BCUT2D eigenvalue weighted by molar-refractivity contribution is 6.00. The fourth-order valence-electron chi connectivity index (χ4n) is 3.97. The van der Waals surface area contributed by atoms with Crippen molar-refractivity contribution in [2.24, 2.45) is 5.73 Å². The summed E-state index contributed by atoms with van der Waals surface area (Å²) in [5.74, 6) is -5.09.